The molecule has 0 saturated heterocycles. The fourth-order valence-corrected chi connectivity index (χ4v) is 5.75. The van der Waals surface area contributed by atoms with Gasteiger partial charge < -0.3 is 14.2 Å². The molecule has 0 radical (unpaired) electrons. The molecule has 0 N–H and O–H groups in total. The zero-order valence-corrected chi connectivity index (χ0v) is 36.4. The molecule has 0 rings (SSSR count). The molecule has 0 aromatic rings. The van der Waals surface area contributed by atoms with E-state index in [0.29, 0.717) is 25.9 Å². The predicted molar refractivity (Wildman–Crippen MR) is 242 cm³/mol. The minimum absolute atomic E-state index is 0.0365. The number of allylic oxidation sites excluding steroid dienone is 16. The van der Waals surface area contributed by atoms with Gasteiger partial charge in [-0.1, -0.05) is 189 Å². The molecule has 1 atom stereocenters. The smallest absolute Gasteiger partial charge is 0.306 e. The van der Waals surface area contributed by atoms with Gasteiger partial charge in [0, 0.05) is 19.4 Å². The minimum atomic E-state index is -0.572. The van der Waals surface area contributed by atoms with Gasteiger partial charge in [-0.15, -0.1) is 0 Å². The van der Waals surface area contributed by atoms with E-state index in [-0.39, 0.29) is 25.2 Å². The topological polar surface area (TPSA) is 61.8 Å². The molecule has 1 unspecified atom stereocenters. The summed E-state index contributed by atoms with van der Waals surface area (Å²) in [6.07, 6.45) is 61.4. The molecule has 56 heavy (non-hydrogen) atoms. The normalized spacial score (nSPS) is 13.1. The van der Waals surface area contributed by atoms with Gasteiger partial charge in [0.2, 0.25) is 0 Å². The van der Waals surface area contributed by atoms with Crippen molar-refractivity contribution in [3.63, 3.8) is 0 Å². The maximum Gasteiger partial charge on any atom is 0.306 e. The lowest BCUT2D eigenvalue weighted by atomic mass is 10.1. The van der Waals surface area contributed by atoms with Crippen LogP contribution in [0.25, 0.3) is 0 Å². The summed E-state index contributed by atoms with van der Waals surface area (Å²) in [5.74, 6) is -0.513. The second-order valence-electron chi connectivity index (χ2n) is 14.6. The third-order valence-electron chi connectivity index (χ3n) is 9.10. The maximum absolute atomic E-state index is 12.6. The average molecular weight is 777 g/mol. The highest BCUT2D eigenvalue weighted by Gasteiger charge is 2.17. The zero-order chi connectivity index (χ0) is 40.7. The van der Waals surface area contributed by atoms with E-state index in [1.807, 2.05) is 6.08 Å². The van der Waals surface area contributed by atoms with Crippen LogP contribution in [0.4, 0.5) is 0 Å². The number of rotatable bonds is 40. The van der Waals surface area contributed by atoms with E-state index in [1.165, 1.54) is 64.2 Å². The van der Waals surface area contributed by atoms with Gasteiger partial charge >= 0.3 is 11.9 Å². The molecule has 0 aliphatic heterocycles. The average Bonchev–Trinajstić information content (AvgIpc) is 3.20. The van der Waals surface area contributed by atoms with Crippen LogP contribution in [0.3, 0.4) is 0 Å². The Bertz CT molecular complexity index is 1110. The number of esters is 2. The largest absolute Gasteiger partial charge is 0.462 e. The van der Waals surface area contributed by atoms with Crippen molar-refractivity contribution in [1.29, 1.82) is 0 Å². The molecule has 0 fully saturated rings. The van der Waals surface area contributed by atoms with Crippen LogP contribution in [0.1, 0.15) is 188 Å². The van der Waals surface area contributed by atoms with Crippen LogP contribution in [0.2, 0.25) is 0 Å². The Labute approximate surface area is 345 Å². The van der Waals surface area contributed by atoms with E-state index < -0.39 is 6.10 Å². The van der Waals surface area contributed by atoms with Crippen molar-refractivity contribution in [1.82, 2.24) is 0 Å². The van der Waals surface area contributed by atoms with Crippen molar-refractivity contribution in [2.45, 2.75) is 194 Å². The van der Waals surface area contributed by atoms with Crippen LogP contribution in [-0.2, 0) is 23.8 Å². The highest BCUT2D eigenvalue weighted by molar-refractivity contribution is 5.70. The summed E-state index contributed by atoms with van der Waals surface area (Å²) in [4.78, 5) is 25.1. The van der Waals surface area contributed by atoms with Crippen LogP contribution in [-0.4, -0.2) is 37.9 Å². The molecule has 0 heterocycles. The molecule has 0 bridgehead atoms. The fraction of sp³-hybridized carbons (Fsp3) is 0.647. The molecule has 0 aliphatic rings. The molecule has 0 aliphatic carbocycles. The van der Waals surface area contributed by atoms with Crippen molar-refractivity contribution < 1.29 is 23.8 Å². The first-order valence-electron chi connectivity index (χ1n) is 22.8. The van der Waals surface area contributed by atoms with Gasteiger partial charge in [-0.25, -0.2) is 0 Å². The number of carbonyl (C=O) groups is 2. The molecule has 0 aromatic carbocycles. The Morgan fingerprint density at radius 2 is 0.875 bits per heavy atom. The van der Waals surface area contributed by atoms with E-state index in [9.17, 15) is 9.59 Å². The van der Waals surface area contributed by atoms with Crippen LogP contribution in [0.5, 0.6) is 0 Å². The zero-order valence-electron chi connectivity index (χ0n) is 36.4. The summed E-state index contributed by atoms with van der Waals surface area (Å²) >= 11 is 0. The lowest BCUT2D eigenvalue weighted by molar-refractivity contribution is -0.162. The number of ether oxygens (including phenoxy) is 3. The van der Waals surface area contributed by atoms with Crippen molar-refractivity contribution in [3.8, 4) is 0 Å². The van der Waals surface area contributed by atoms with Gasteiger partial charge in [-0.05, 0) is 83.5 Å². The molecule has 0 amide bonds. The van der Waals surface area contributed by atoms with Crippen molar-refractivity contribution >= 4 is 11.9 Å². The number of carbonyl (C=O) groups excluding carboxylic acids is 2. The van der Waals surface area contributed by atoms with Gasteiger partial charge in [-0.3, -0.25) is 9.59 Å². The first-order valence-corrected chi connectivity index (χ1v) is 22.8. The molecule has 0 saturated carbocycles. The highest BCUT2D eigenvalue weighted by Crippen LogP contribution is 2.11. The van der Waals surface area contributed by atoms with Gasteiger partial charge in [0.25, 0.3) is 0 Å². The molecule has 5 heteroatoms. The summed E-state index contributed by atoms with van der Waals surface area (Å²) in [5, 5.41) is 0. The van der Waals surface area contributed by atoms with Crippen molar-refractivity contribution in [3.05, 3.63) is 97.2 Å². The maximum atomic E-state index is 12.6. The highest BCUT2D eigenvalue weighted by atomic mass is 16.6. The lowest BCUT2D eigenvalue weighted by Crippen LogP contribution is -2.30. The second kappa shape index (κ2) is 46.2. The molecular weight excluding hydrogens is 693 g/mol. The number of hydrogen-bond acceptors (Lipinski definition) is 5. The van der Waals surface area contributed by atoms with E-state index in [4.69, 9.17) is 14.2 Å². The summed E-state index contributed by atoms with van der Waals surface area (Å²) in [5.41, 5.74) is 0. The summed E-state index contributed by atoms with van der Waals surface area (Å²) < 4.78 is 17.2. The third-order valence-corrected chi connectivity index (χ3v) is 9.10. The quantitative estimate of drug-likeness (QED) is 0.0352. The van der Waals surface area contributed by atoms with E-state index >= 15 is 0 Å². The van der Waals surface area contributed by atoms with Crippen LogP contribution in [0, 0.1) is 0 Å². The van der Waals surface area contributed by atoms with Gasteiger partial charge in [0.05, 0.1) is 6.61 Å². The fourth-order valence-electron chi connectivity index (χ4n) is 5.75. The van der Waals surface area contributed by atoms with E-state index in [0.717, 1.165) is 83.5 Å². The van der Waals surface area contributed by atoms with Gasteiger partial charge in [0.1, 0.15) is 6.61 Å². The monoisotopic (exact) mass is 777 g/mol. The van der Waals surface area contributed by atoms with Gasteiger partial charge in [0.15, 0.2) is 6.10 Å². The first-order chi connectivity index (χ1) is 27.6. The van der Waals surface area contributed by atoms with Crippen molar-refractivity contribution in [2.75, 3.05) is 19.8 Å². The Morgan fingerprint density at radius 3 is 1.43 bits per heavy atom. The Hall–Kier alpha value is -3.18. The SMILES string of the molecule is CC/C=C\C/C=C\C/C=C\C/C=C\C/C=C\C/C=C\CCC(=O)OCC(COCCCCCCCC/C=C\C/C=C\CCC)OC(=O)CCCCCCCCC. The first kappa shape index (κ1) is 52.8. The number of unbranched alkanes of at least 4 members (excludes halogenated alkanes) is 13. The Kier molecular flexibility index (Phi) is 43.6. The van der Waals surface area contributed by atoms with Crippen LogP contribution < -0.4 is 0 Å². The van der Waals surface area contributed by atoms with E-state index in [1.54, 1.807) is 0 Å². The van der Waals surface area contributed by atoms with Crippen LogP contribution in [0.15, 0.2) is 97.2 Å². The predicted octanol–water partition coefficient (Wildman–Crippen LogP) is 15.1. The molecule has 0 aromatic heterocycles. The third kappa shape index (κ3) is 43.5. The molecule has 318 valence electrons. The van der Waals surface area contributed by atoms with Crippen LogP contribution >= 0.6 is 0 Å². The summed E-state index contributed by atoms with van der Waals surface area (Å²) in [6, 6.07) is 0. The summed E-state index contributed by atoms with van der Waals surface area (Å²) in [7, 11) is 0. The second-order valence-corrected chi connectivity index (χ2v) is 14.6. The molecule has 5 nitrogen and oxygen atoms in total. The number of hydrogen-bond donors (Lipinski definition) is 0. The minimum Gasteiger partial charge on any atom is -0.462 e. The summed E-state index contributed by atoms with van der Waals surface area (Å²) in [6.45, 7) is 7.49. The van der Waals surface area contributed by atoms with Crippen molar-refractivity contribution in [2.24, 2.45) is 0 Å². The lowest BCUT2D eigenvalue weighted by Gasteiger charge is -2.18. The Balaban J connectivity index is 4.31. The standard InChI is InChI=1S/C51H84O5/c1-4-7-10-13-16-18-20-22-24-25-26-27-28-29-31-33-36-38-41-44-50(52)55-48-49(56-51(53)45-42-39-35-15-12-9-6-3)47-54-46-43-40-37-34-32-30-23-21-19-17-14-11-8-5-2/h7,10-11,14,16,18-19,21-22,24,26-27,29,31,36,38,49H,4-6,8-9,12-13,15,17,20,23,25,28,30,32-35,37,39-48H2,1-3H3/b10-7-,14-11-,18-16-,21-19-,24-22-,27-26-,31-29-,38-36-. The van der Waals surface area contributed by atoms with Gasteiger partial charge in [-0.2, -0.15) is 0 Å². The Morgan fingerprint density at radius 1 is 0.411 bits per heavy atom. The molecule has 0 spiro atoms. The van der Waals surface area contributed by atoms with E-state index in [2.05, 4.69) is 112 Å². The molecular formula is C51H84O5.